The summed E-state index contributed by atoms with van der Waals surface area (Å²) in [7, 11) is 1.74. The molecule has 0 atom stereocenters. The zero-order valence-electron chi connectivity index (χ0n) is 18.0. The molecule has 0 unspecified atom stereocenters. The number of benzene rings is 2. The van der Waals surface area contributed by atoms with Gasteiger partial charge in [0.05, 0.1) is 24.9 Å². The smallest absolute Gasteiger partial charge is 0.266 e. The van der Waals surface area contributed by atoms with E-state index >= 15 is 0 Å². The number of fused-ring (bicyclic) bond motifs is 1. The van der Waals surface area contributed by atoms with Crippen molar-refractivity contribution in [1.82, 2.24) is 24.8 Å². The molecule has 0 radical (unpaired) electrons. The van der Waals surface area contributed by atoms with Gasteiger partial charge in [-0.3, -0.25) is 14.2 Å². The fraction of sp³-hybridized carbons (Fsp3) is 0.125. The normalized spacial score (nSPS) is 10.4. The zero-order chi connectivity index (χ0) is 24.1. The van der Waals surface area contributed by atoms with Gasteiger partial charge in [-0.05, 0) is 35.9 Å². The van der Waals surface area contributed by atoms with E-state index in [0.29, 0.717) is 11.5 Å². The van der Waals surface area contributed by atoms with Crippen molar-refractivity contribution in [2.75, 3.05) is 18.9 Å². The Bertz CT molecular complexity index is 1510. The van der Waals surface area contributed by atoms with Crippen LogP contribution in [0.1, 0.15) is 21.5 Å². The summed E-state index contributed by atoms with van der Waals surface area (Å²) in [5, 5.41) is 6.26. The Morgan fingerprint density at radius 2 is 1.97 bits per heavy atom. The van der Waals surface area contributed by atoms with Crippen LogP contribution in [0.15, 0.2) is 59.9 Å². The van der Waals surface area contributed by atoms with Crippen molar-refractivity contribution in [1.29, 1.82) is 0 Å². The van der Waals surface area contributed by atoms with Crippen LogP contribution in [-0.4, -0.2) is 39.0 Å². The molecule has 0 aliphatic rings. The van der Waals surface area contributed by atoms with Crippen molar-refractivity contribution in [3.05, 3.63) is 93.8 Å². The SMILES string of the molecule is CNc1ncc2cc(C#CCNC(=O)c3cncn(Cc4ccc(F)c(F)c4)c3=O)ccc2n1. The minimum Gasteiger partial charge on any atom is -0.357 e. The monoisotopic (exact) mass is 460 g/mol. The van der Waals surface area contributed by atoms with Gasteiger partial charge >= 0.3 is 0 Å². The number of rotatable bonds is 5. The van der Waals surface area contributed by atoms with Crippen LogP contribution in [0.2, 0.25) is 0 Å². The summed E-state index contributed by atoms with van der Waals surface area (Å²) in [6, 6.07) is 8.78. The minimum atomic E-state index is -1.02. The Labute approximate surface area is 192 Å². The van der Waals surface area contributed by atoms with Gasteiger partial charge in [0.2, 0.25) is 5.95 Å². The van der Waals surface area contributed by atoms with Gasteiger partial charge in [0.15, 0.2) is 11.6 Å². The van der Waals surface area contributed by atoms with Crippen molar-refractivity contribution < 1.29 is 13.6 Å². The minimum absolute atomic E-state index is 0.00354. The molecule has 2 N–H and O–H groups in total. The molecule has 0 aliphatic carbocycles. The molecule has 2 aromatic heterocycles. The number of hydrogen-bond donors (Lipinski definition) is 2. The number of halogens is 2. The van der Waals surface area contributed by atoms with Gasteiger partial charge in [-0.1, -0.05) is 17.9 Å². The summed E-state index contributed by atoms with van der Waals surface area (Å²) < 4.78 is 27.7. The van der Waals surface area contributed by atoms with Gasteiger partial charge < -0.3 is 10.6 Å². The molecule has 0 aliphatic heterocycles. The molecule has 0 fully saturated rings. The topological polar surface area (TPSA) is 102 Å². The van der Waals surface area contributed by atoms with Crippen LogP contribution >= 0.6 is 0 Å². The second-order valence-corrected chi connectivity index (χ2v) is 7.19. The van der Waals surface area contributed by atoms with E-state index in [1.807, 2.05) is 18.2 Å². The Hall–Kier alpha value is -4.65. The first-order valence-electron chi connectivity index (χ1n) is 10.1. The van der Waals surface area contributed by atoms with Gasteiger partial charge in [-0.25, -0.2) is 23.7 Å². The Morgan fingerprint density at radius 1 is 1.12 bits per heavy atom. The molecule has 8 nitrogen and oxygen atoms in total. The lowest BCUT2D eigenvalue weighted by Crippen LogP contribution is -2.33. The lowest BCUT2D eigenvalue weighted by Gasteiger charge is -2.08. The lowest BCUT2D eigenvalue weighted by atomic mass is 10.1. The van der Waals surface area contributed by atoms with E-state index in [0.717, 1.165) is 39.4 Å². The highest BCUT2D eigenvalue weighted by molar-refractivity contribution is 5.93. The maximum Gasteiger partial charge on any atom is 0.266 e. The third kappa shape index (κ3) is 5.05. The second kappa shape index (κ2) is 9.87. The number of nitrogens with zero attached hydrogens (tertiary/aromatic N) is 4. The summed E-state index contributed by atoms with van der Waals surface area (Å²) in [6.45, 7) is -0.0605. The number of aromatic nitrogens is 4. The Kier molecular flexibility index (Phi) is 6.54. The van der Waals surface area contributed by atoms with E-state index in [4.69, 9.17) is 0 Å². The van der Waals surface area contributed by atoms with E-state index in [1.54, 1.807) is 13.2 Å². The molecule has 170 valence electrons. The van der Waals surface area contributed by atoms with E-state index in [9.17, 15) is 18.4 Å². The third-order valence-corrected chi connectivity index (χ3v) is 4.86. The van der Waals surface area contributed by atoms with Crippen LogP contribution in [0.25, 0.3) is 10.9 Å². The van der Waals surface area contributed by atoms with Crippen LogP contribution in [0.3, 0.4) is 0 Å². The van der Waals surface area contributed by atoms with E-state index in [2.05, 4.69) is 37.4 Å². The Morgan fingerprint density at radius 3 is 2.76 bits per heavy atom. The highest BCUT2D eigenvalue weighted by Crippen LogP contribution is 2.14. The summed E-state index contributed by atoms with van der Waals surface area (Å²) in [5.41, 5.74) is 1.05. The quantitative estimate of drug-likeness (QED) is 0.444. The average molecular weight is 460 g/mol. The molecule has 4 rings (SSSR count). The average Bonchev–Trinajstić information content (AvgIpc) is 2.84. The maximum atomic E-state index is 13.4. The summed E-state index contributed by atoms with van der Waals surface area (Å²) >= 11 is 0. The predicted octanol–water partition coefficient (Wildman–Crippen LogP) is 2.34. The zero-order valence-corrected chi connectivity index (χ0v) is 18.0. The molecular formula is C24H18F2N6O2. The Balaban J connectivity index is 1.42. The van der Waals surface area contributed by atoms with Crippen molar-refractivity contribution >= 4 is 22.8 Å². The van der Waals surface area contributed by atoms with Crippen LogP contribution in [0.4, 0.5) is 14.7 Å². The van der Waals surface area contributed by atoms with Crippen molar-refractivity contribution in [2.24, 2.45) is 0 Å². The van der Waals surface area contributed by atoms with Gasteiger partial charge in [0.1, 0.15) is 5.56 Å². The van der Waals surface area contributed by atoms with Crippen molar-refractivity contribution in [2.45, 2.75) is 6.54 Å². The van der Waals surface area contributed by atoms with Gasteiger partial charge in [-0.2, -0.15) is 0 Å². The standard InChI is InChI=1S/C24H18F2N6O2/c1-27-24-30-11-17-9-15(5-7-21(17)31-24)3-2-8-29-22(33)18-12-28-14-32(23(18)34)13-16-4-6-19(25)20(26)10-16/h4-7,9-12,14H,8,13H2,1H3,(H,29,33)(H,27,30,31). The maximum absolute atomic E-state index is 13.4. The van der Waals surface area contributed by atoms with Crippen LogP contribution in [-0.2, 0) is 6.54 Å². The van der Waals surface area contributed by atoms with Crippen molar-refractivity contribution in [3.8, 4) is 11.8 Å². The highest BCUT2D eigenvalue weighted by Gasteiger charge is 2.13. The molecule has 4 aromatic rings. The number of hydrogen-bond acceptors (Lipinski definition) is 6. The fourth-order valence-electron chi connectivity index (χ4n) is 3.15. The first kappa shape index (κ1) is 22.5. The molecule has 10 heteroatoms. The van der Waals surface area contributed by atoms with E-state index < -0.39 is 23.1 Å². The molecule has 0 spiro atoms. The van der Waals surface area contributed by atoms with Crippen LogP contribution in [0.5, 0.6) is 0 Å². The molecular weight excluding hydrogens is 442 g/mol. The predicted molar refractivity (Wildman–Crippen MR) is 122 cm³/mol. The molecule has 0 saturated carbocycles. The first-order chi connectivity index (χ1) is 16.4. The van der Waals surface area contributed by atoms with Crippen LogP contribution in [0, 0.1) is 23.5 Å². The number of amides is 1. The second-order valence-electron chi connectivity index (χ2n) is 7.19. The van der Waals surface area contributed by atoms with Gasteiger partial charge in [0, 0.05) is 30.4 Å². The summed E-state index contributed by atoms with van der Waals surface area (Å²) in [6.07, 6.45) is 4.06. The van der Waals surface area contributed by atoms with E-state index in [-0.39, 0.29) is 18.7 Å². The fourth-order valence-corrected chi connectivity index (χ4v) is 3.15. The van der Waals surface area contributed by atoms with Gasteiger partial charge in [-0.15, -0.1) is 0 Å². The molecule has 0 bridgehead atoms. The number of nitrogens with one attached hydrogen (secondary N) is 2. The van der Waals surface area contributed by atoms with E-state index in [1.165, 1.54) is 12.4 Å². The lowest BCUT2D eigenvalue weighted by molar-refractivity contribution is 0.0956. The summed E-state index contributed by atoms with van der Waals surface area (Å²) in [4.78, 5) is 37.5. The third-order valence-electron chi connectivity index (χ3n) is 4.86. The molecule has 2 heterocycles. The van der Waals surface area contributed by atoms with Crippen LogP contribution < -0.4 is 16.2 Å². The number of anilines is 1. The largest absolute Gasteiger partial charge is 0.357 e. The first-order valence-corrected chi connectivity index (χ1v) is 10.1. The van der Waals surface area contributed by atoms with Gasteiger partial charge in [0.25, 0.3) is 11.5 Å². The summed E-state index contributed by atoms with van der Waals surface area (Å²) in [5.74, 6) is 3.65. The molecule has 2 aromatic carbocycles. The highest BCUT2D eigenvalue weighted by atomic mass is 19.2. The molecule has 0 saturated heterocycles. The van der Waals surface area contributed by atoms with Crippen molar-refractivity contribution in [3.63, 3.8) is 0 Å². The number of carbonyl (C=O) groups excluding carboxylic acids is 1. The molecule has 1 amide bonds. The number of carbonyl (C=O) groups is 1. The molecule has 34 heavy (non-hydrogen) atoms.